The molecule has 29 heavy (non-hydrogen) atoms. The van der Waals surface area contributed by atoms with Crippen LogP contribution in [0.2, 0.25) is 0 Å². The molecule has 1 aromatic carbocycles. The van der Waals surface area contributed by atoms with Gasteiger partial charge in [0.1, 0.15) is 26.5 Å². The van der Waals surface area contributed by atoms with E-state index >= 15 is 0 Å². The van der Waals surface area contributed by atoms with E-state index in [0.717, 1.165) is 10.9 Å². The Labute approximate surface area is 176 Å². The summed E-state index contributed by atoms with van der Waals surface area (Å²) in [5, 5.41) is 1.18. The van der Waals surface area contributed by atoms with Crippen LogP contribution in [0.5, 0.6) is 5.75 Å². The number of hydrogen-bond acceptors (Lipinski definition) is 5. The average Bonchev–Trinajstić information content (AvgIpc) is 3.10. The molecule has 0 aliphatic rings. The van der Waals surface area contributed by atoms with E-state index in [1.165, 1.54) is 12.5 Å². The zero-order chi connectivity index (χ0) is 22.0. The Morgan fingerprint density at radius 2 is 2.00 bits per heavy atom. The lowest BCUT2D eigenvalue weighted by molar-refractivity contribution is 0.321. The summed E-state index contributed by atoms with van der Waals surface area (Å²) < 4.78 is 41.7. The summed E-state index contributed by atoms with van der Waals surface area (Å²) in [5.41, 5.74) is 0.877. The van der Waals surface area contributed by atoms with Crippen LogP contribution < -0.4 is 4.74 Å². The summed E-state index contributed by atoms with van der Waals surface area (Å²) in [6, 6.07) is 7.56. The molecule has 160 valence electrons. The zero-order valence-corrected chi connectivity index (χ0v) is 19.3. The van der Waals surface area contributed by atoms with Gasteiger partial charge in [0.15, 0.2) is 0 Å². The van der Waals surface area contributed by atoms with Crippen LogP contribution in [0.4, 0.5) is 0 Å². The number of sulfone groups is 1. The van der Waals surface area contributed by atoms with Crippen molar-refractivity contribution in [2.75, 3.05) is 24.9 Å². The summed E-state index contributed by atoms with van der Waals surface area (Å²) in [6.45, 7) is 9.94. The molecule has 6 nitrogen and oxygen atoms in total. The molecular formula is C21H30N2O4S2. The maximum Gasteiger partial charge on any atom is 0.147 e. The first-order chi connectivity index (χ1) is 13.7. The molecule has 0 radical (unpaired) electrons. The van der Waals surface area contributed by atoms with E-state index in [0.29, 0.717) is 24.6 Å². The quantitative estimate of drug-likeness (QED) is 0.352. The Hall–Kier alpha value is -2.19. The molecule has 1 heterocycles. The molecule has 0 bridgehead atoms. The van der Waals surface area contributed by atoms with Gasteiger partial charge in [0.25, 0.3) is 0 Å². The number of fused-ring (bicyclic) bond motifs is 1. The Bertz CT molecular complexity index is 1020. The highest BCUT2D eigenvalue weighted by Crippen LogP contribution is 2.27. The predicted octanol–water partition coefficient (Wildman–Crippen LogP) is 4.15. The summed E-state index contributed by atoms with van der Waals surface area (Å²) in [5.74, 6) is 1.37. The van der Waals surface area contributed by atoms with Crippen LogP contribution in [0.3, 0.4) is 0 Å². The number of aliphatic imine (C=N–C) groups is 1. The lowest BCUT2D eigenvalue weighted by Crippen LogP contribution is -2.09. The van der Waals surface area contributed by atoms with Gasteiger partial charge in [0.05, 0.1) is 28.7 Å². The third-order valence-corrected chi connectivity index (χ3v) is 5.53. The maximum absolute atomic E-state index is 11.6. The first-order valence-corrected chi connectivity index (χ1v) is 13.0. The molecule has 1 unspecified atom stereocenters. The Kier molecular flexibility index (Phi) is 10.0. The highest BCUT2D eigenvalue weighted by Gasteiger charge is 2.11. The van der Waals surface area contributed by atoms with Crippen molar-refractivity contribution in [1.82, 2.24) is 4.57 Å². The van der Waals surface area contributed by atoms with Crippen LogP contribution in [0.25, 0.3) is 10.9 Å². The standard InChI is InChI=1S/C19H24N2O4S2.C2H6/c1-5-8-19(20-15(2)26(3)22)21-12-11-16-17(21)9-6-10-18(16)25-13-7-14-27(4,23)24;1-2/h5-6,8-12H,2,7,13-14H2,1,3-4H3;1-2H3/b8-5-,20-19+;. The van der Waals surface area contributed by atoms with Gasteiger partial charge in [-0.15, -0.1) is 0 Å². The number of rotatable bonds is 8. The van der Waals surface area contributed by atoms with Gasteiger partial charge in [-0.05, 0) is 37.6 Å². The molecule has 0 aliphatic carbocycles. The fourth-order valence-corrected chi connectivity index (χ4v) is 3.35. The van der Waals surface area contributed by atoms with Crippen LogP contribution >= 0.6 is 0 Å². The third-order valence-electron chi connectivity index (χ3n) is 3.74. The van der Waals surface area contributed by atoms with Crippen LogP contribution in [-0.4, -0.2) is 47.9 Å². The first-order valence-electron chi connectivity index (χ1n) is 9.37. The van der Waals surface area contributed by atoms with Crippen molar-refractivity contribution in [1.29, 1.82) is 0 Å². The van der Waals surface area contributed by atoms with Crippen molar-refractivity contribution in [2.24, 2.45) is 4.99 Å². The van der Waals surface area contributed by atoms with E-state index in [4.69, 9.17) is 4.74 Å². The molecule has 0 aliphatic heterocycles. The number of aromatic nitrogens is 1. The third kappa shape index (κ3) is 7.62. The molecule has 1 aromatic heterocycles. The van der Waals surface area contributed by atoms with Gasteiger partial charge in [-0.3, -0.25) is 4.21 Å². The minimum Gasteiger partial charge on any atom is -0.493 e. The Morgan fingerprint density at radius 3 is 2.59 bits per heavy atom. The van der Waals surface area contributed by atoms with Gasteiger partial charge in [-0.1, -0.05) is 32.6 Å². The van der Waals surface area contributed by atoms with Crippen molar-refractivity contribution in [3.05, 3.63) is 54.2 Å². The van der Waals surface area contributed by atoms with Crippen molar-refractivity contribution in [3.63, 3.8) is 0 Å². The number of hydrogen-bond donors (Lipinski definition) is 0. The monoisotopic (exact) mass is 438 g/mol. The topological polar surface area (TPSA) is 77.7 Å². The molecule has 0 N–H and O–H groups in total. The molecule has 0 saturated carbocycles. The van der Waals surface area contributed by atoms with Crippen LogP contribution in [-0.2, 0) is 20.6 Å². The molecular weight excluding hydrogens is 408 g/mol. The van der Waals surface area contributed by atoms with E-state index in [-0.39, 0.29) is 10.8 Å². The van der Waals surface area contributed by atoms with Crippen LogP contribution in [0.15, 0.2) is 59.2 Å². The van der Waals surface area contributed by atoms with Gasteiger partial charge in [-0.25, -0.2) is 13.4 Å². The van der Waals surface area contributed by atoms with Gasteiger partial charge in [-0.2, -0.15) is 0 Å². The van der Waals surface area contributed by atoms with Crippen molar-refractivity contribution in [2.45, 2.75) is 27.2 Å². The normalized spacial score (nSPS) is 13.2. The van der Waals surface area contributed by atoms with Gasteiger partial charge < -0.3 is 9.30 Å². The number of benzene rings is 1. The SMILES string of the molecule is C=C(/N=C(\C=C/C)n1ccc2c(OCCCS(C)(=O)=O)cccc21)S(C)=O.CC. The maximum atomic E-state index is 11.6. The highest BCUT2D eigenvalue weighted by molar-refractivity contribution is 7.90. The van der Waals surface area contributed by atoms with Gasteiger partial charge in [0, 0.05) is 24.1 Å². The van der Waals surface area contributed by atoms with Crippen molar-refractivity contribution < 1.29 is 17.4 Å². The van der Waals surface area contributed by atoms with E-state index in [1.54, 1.807) is 0 Å². The minimum atomic E-state index is -2.99. The molecule has 0 saturated heterocycles. The largest absolute Gasteiger partial charge is 0.493 e. The van der Waals surface area contributed by atoms with E-state index < -0.39 is 20.6 Å². The summed E-state index contributed by atoms with van der Waals surface area (Å²) in [4.78, 5) is 4.38. The second-order valence-corrected chi connectivity index (χ2v) is 9.66. The van der Waals surface area contributed by atoms with E-state index in [1.807, 2.05) is 68.0 Å². The van der Waals surface area contributed by atoms with Crippen LogP contribution in [0.1, 0.15) is 27.2 Å². The lowest BCUT2D eigenvalue weighted by atomic mass is 10.2. The summed E-state index contributed by atoms with van der Waals surface area (Å²) in [7, 11) is -4.24. The van der Waals surface area contributed by atoms with E-state index in [2.05, 4.69) is 11.6 Å². The second-order valence-electron chi connectivity index (χ2n) is 6.02. The number of ether oxygens (including phenoxy) is 1. The highest BCUT2D eigenvalue weighted by atomic mass is 32.2. The number of allylic oxidation sites excluding steroid dienone is 2. The van der Waals surface area contributed by atoms with Crippen LogP contribution in [0, 0.1) is 0 Å². The average molecular weight is 439 g/mol. The molecule has 8 heteroatoms. The summed E-state index contributed by atoms with van der Waals surface area (Å²) in [6.07, 6.45) is 8.71. The molecule has 0 fully saturated rings. The predicted molar refractivity (Wildman–Crippen MR) is 124 cm³/mol. The van der Waals surface area contributed by atoms with Gasteiger partial charge >= 0.3 is 0 Å². The molecule has 2 rings (SSSR count). The molecule has 1 atom stereocenters. The fourth-order valence-electron chi connectivity index (χ4n) is 2.48. The molecule has 2 aromatic rings. The van der Waals surface area contributed by atoms with E-state index in [9.17, 15) is 12.6 Å². The van der Waals surface area contributed by atoms with Gasteiger partial charge in [0.2, 0.25) is 0 Å². The Balaban J connectivity index is 0.00000204. The summed E-state index contributed by atoms with van der Waals surface area (Å²) >= 11 is 0. The lowest BCUT2D eigenvalue weighted by Gasteiger charge is -2.09. The van der Waals surface area contributed by atoms with Crippen molar-refractivity contribution >= 4 is 37.4 Å². The minimum absolute atomic E-state index is 0.0956. The zero-order valence-electron chi connectivity index (χ0n) is 17.7. The van der Waals surface area contributed by atoms with Crippen molar-refractivity contribution in [3.8, 4) is 5.75 Å². The Morgan fingerprint density at radius 1 is 1.31 bits per heavy atom. The number of nitrogens with zero attached hydrogens (tertiary/aromatic N) is 2. The smallest absolute Gasteiger partial charge is 0.147 e. The molecule has 0 spiro atoms. The second kappa shape index (κ2) is 11.7. The molecule has 0 amide bonds. The first kappa shape index (κ1) is 24.8. The fraction of sp³-hybridized carbons (Fsp3) is 0.381.